The summed E-state index contributed by atoms with van der Waals surface area (Å²) < 4.78 is 7.33. The van der Waals surface area contributed by atoms with Crippen LogP contribution in [0.3, 0.4) is 0 Å². The molecule has 2 rings (SSSR count). The van der Waals surface area contributed by atoms with Crippen LogP contribution >= 0.6 is 0 Å². The van der Waals surface area contributed by atoms with E-state index in [9.17, 15) is 4.79 Å². The fourth-order valence-electron chi connectivity index (χ4n) is 2.07. The molecular formula is C15H14N2O3. The number of carboxylic acid groups (broad SMARTS) is 1. The first-order valence-electron chi connectivity index (χ1n) is 6.07. The quantitative estimate of drug-likeness (QED) is 0.684. The summed E-state index contributed by atoms with van der Waals surface area (Å²) >= 11 is 0. The van der Waals surface area contributed by atoms with Gasteiger partial charge in [-0.25, -0.2) is 4.79 Å². The van der Waals surface area contributed by atoms with Gasteiger partial charge in [-0.1, -0.05) is 0 Å². The number of hydrogen-bond donors (Lipinski definition) is 1. The van der Waals surface area contributed by atoms with Crippen molar-refractivity contribution >= 4 is 12.0 Å². The number of hydrogen-bond acceptors (Lipinski definition) is 3. The molecule has 5 heteroatoms. The molecule has 0 saturated carbocycles. The number of carboxylic acids is 1. The van der Waals surface area contributed by atoms with Gasteiger partial charge in [-0.05, 0) is 43.7 Å². The molecule has 2 aromatic rings. The van der Waals surface area contributed by atoms with Crippen molar-refractivity contribution in [2.24, 2.45) is 0 Å². The standard InChI is InChI=1S/C15H14N2O3/c1-10-6-12(7-13(8-16)15(18)19)11(2)17(10)9-14-4-3-5-20-14/h3-7H,9H2,1-2H3,(H,18,19)/b13-7+. The van der Waals surface area contributed by atoms with Crippen molar-refractivity contribution in [3.63, 3.8) is 0 Å². The van der Waals surface area contributed by atoms with E-state index < -0.39 is 5.97 Å². The molecule has 2 aromatic heterocycles. The van der Waals surface area contributed by atoms with Crippen molar-refractivity contribution in [2.75, 3.05) is 0 Å². The maximum Gasteiger partial charge on any atom is 0.346 e. The van der Waals surface area contributed by atoms with E-state index >= 15 is 0 Å². The summed E-state index contributed by atoms with van der Waals surface area (Å²) in [7, 11) is 0. The first kappa shape index (κ1) is 13.7. The Bertz CT molecular complexity index is 700. The third kappa shape index (κ3) is 2.64. The van der Waals surface area contributed by atoms with Gasteiger partial charge in [-0.2, -0.15) is 5.26 Å². The summed E-state index contributed by atoms with van der Waals surface area (Å²) in [6.45, 7) is 4.40. The normalized spacial score (nSPS) is 11.3. The van der Waals surface area contributed by atoms with Gasteiger partial charge < -0.3 is 14.1 Å². The summed E-state index contributed by atoms with van der Waals surface area (Å²) in [5.41, 5.74) is 2.33. The number of nitrogens with zero attached hydrogens (tertiary/aromatic N) is 2. The SMILES string of the molecule is Cc1cc(/C=C(\C#N)C(=O)O)c(C)n1Cc1ccco1. The van der Waals surface area contributed by atoms with Gasteiger partial charge in [0.25, 0.3) is 0 Å². The lowest BCUT2D eigenvalue weighted by atomic mass is 10.1. The minimum atomic E-state index is -1.22. The zero-order chi connectivity index (χ0) is 14.7. The van der Waals surface area contributed by atoms with Crippen LogP contribution in [-0.2, 0) is 11.3 Å². The van der Waals surface area contributed by atoms with Crippen LogP contribution < -0.4 is 0 Å². The minimum Gasteiger partial charge on any atom is -0.477 e. The summed E-state index contributed by atoms with van der Waals surface area (Å²) in [6, 6.07) is 7.25. The van der Waals surface area contributed by atoms with Crippen molar-refractivity contribution in [2.45, 2.75) is 20.4 Å². The van der Waals surface area contributed by atoms with Gasteiger partial charge in [0.2, 0.25) is 0 Å². The van der Waals surface area contributed by atoms with E-state index in [2.05, 4.69) is 0 Å². The maximum absolute atomic E-state index is 10.9. The average Bonchev–Trinajstić information content (AvgIpc) is 3.00. The Morgan fingerprint density at radius 1 is 1.55 bits per heavy atom. The second kappa shape index (κ2) is 5.49. The van der Waals surface area contributed by atoms with E-state index in [-0.39, 0.29) is 5.57 Å². The van der Waals surface area contributed by atoms with E-state index in [1.807, 2.05) is 36.6 Å². The second-order valence-electron chi connectivity index (χ2n) is 4.47. The summed E-state index contributed by atoms with van der Waals surface area (Å²) in [5.74, 6) is -0.399. The van der Waals surface area contributed by atoms with Crippen LogP contribution in [0.2, 0.25) is 0 Å². The van der Waals surface area contributed by atoms with Gasteiger partial charge >= 0.3 is 5.97 Å². The van der Waals surface area contributed by atoms with Gasteiger partial charge in [-0.3, -0.25) is 0 Å². The van der Waals surface area contributed by atoms with Gasteiger partial charge in [0.05, 0.1) is 12.8 Å². The van der Waals surface area contributed by atoms with E-state index in [0.717, 1.165) is 22.7 Å². The van der Waals surface area contributed by atoms with E-state index in [1.54, 1.807) is 12.3 Å². The Kier molecular flexibility index (Phi) is 3.76. The maximum atomic E-state index is 10.9. The minimum absolute atomic E-state index is 0.275. The zero-order valence-corrected chi connectivity index (χ0v) is 11.3. The van der Waals surface area contributed by atoms with Crippen molar-refractivity contribution in [1.82, 2.24) is 4.57 Å². The summed E-state index contributed by atoms with van der Waals surface area (Å²) in [5, 5.41) is 17.7. The Morgan fingerprint density at radius 2 is 2.30 bits per heavy atom. The van der Waals surface area contributed by atoms with Crippen molar-refractivity contribution in [3.05, 3.63) is 52.7 Å². The Balaban J connectivity index is 2.39. The molecule has 0 fully saturated rings. The Labute approximate surface area is 116 Å². The molecule has 0 saturated heterocycles. The first-order chi connectivity index (χ1) is 9.52. The summed E-state index contributed by atoms with van der Waals surface area (Å²) in [4.78, 5) is 10.9. The molecule has 5 nitrogen and oxygen atoms in total. The van der Waals surface area contributed by atoms with Gasteiger partial charge in [-0.15, -0.1) is 0 Å². The number of nitriles is 1. The first-order valence-corrected chi connectivity index (χ1v) is 6.07. The van der Waals surface area contributed by atoms with Crippen LogP contribution in [0.15, 0.2) is 34.5 Å². The van der Waals surface area contributed by atoms with Crippen LogP contribution in [-0.4, -0.2) is 15.6 Å². The third-order valence-electron chi connectivity index (χ3n) is 3.16. The van der Waals surface area contributed by atoms with Crippen molar-refractivity contribution in [1.29, 1.82) is 5.26 Å². The van der Waals surface area contributed by atoms with E-state index in [4.69, 9.17) is 14.8 Å². The molecule has 0 aliphatic carbocycles. The van der Waals surface area contributed by atoms with Gasteiger partial charge in [0.15, 0.2) is 0 Å². The van der Waals surface area contributed by atoms with Crippen LogP contribution in [0, 0.1) is 25.2 Å². The molecule has 102 valence electrons. The van der Waals surface area contributed by atoms with Crippen molar-refractivity contribution < 1.29 is 14.3 Å². The molecule has 0 spiro atoms. The molecule has 0 unspecified atom stereocenters. The summed E-state index contributed by atoms with van der Waals surface area (Å²) in [6.07, 6.45) is 3.01. The number of rotatable bonds is 4. The molecule has 0 aliphatic heterocycles. The van der Waals surface area contributed by atoms with E-state index in [0.29, 0.717) is 6.54 Å². The molecule has 0 aliphatic rings. The lowest BCUT2D eigenvalue weighted by Gasteiger charge is -2.07. The van der Waals surface area contributed by atoms with Crippen LogP contribution in [0.25, 0.3) is 6.08 Å². The highest BCUT2D eigenvalue weighted by atomic mass is 16.4. The Morgan fingerprint density at radius 3 is 2.85 bits per heavy atom. The highest BCUT2D eigenvalue weighted by Gasteiger charge is 2.12. The Hall–Kier alpha value is -2.74. The average molecular weight is 270 g/mol. The van der Waals surface area contributed by atoms with Gasteiger partial charge in [0.1, 0.15) is 17.4 Å². The molecular weight excluding hydrogens is 256 g/mol. The van der Waals surface area contributed by atoms with Crippen LogP contribution in [0.1, 0.15) is 22.7 Å². The topological polar surface area (TPSA) is 79.2 Å². The fraction of sp³-hybridized carbons (Fsp3) is 0.200. The number of aromatic nitrogens is 1. The number of carbonyl (C=O) groups is 1. The smallest absolute Gasteiger partial charge is 0.346 e. The predicted octanol–water partition coefficient (Wildman–Crippen LogP) is 2.74. The highest BCUT2D eigenvalue weighted by Crippen LogP contribution is 2.20. The molecule has 0 radical (unpaired) electrons. The zero-order valence-electron chi connectivity index (χ0n) is 11.3. The monoisotopic (exact) mass is 270 g/mol. The molecule has 0 aromatic carbocycles. The molecule has 0 atom stereocenters. The number of furan rings is 1. The molecule has 20 heavy (non-hydrogen) atoms. The fourth-order valence-corrected chi connectivity index (χ4v) is 2.07. The predicted molar refractivity (Wildman–Crippen MR) is 72.9 cm³/mol. The lowest BCUT2D eigenvalue weighted by Crippen LogP contribution is -2.03. The van der Waals surface area contributed by atoms with Crippen LogP contribution in [0.5, 0.6) is 0 Å². The molecule has 0 amide bonds. The van der Waals surface area contributed by atoms with Crippen molar-refractivity contribution in [3.8, 4) is 6.07 Å². The van der Waals surface area contributed by atoms with Crippen LogP contribution in [0.4, 0.5) is 0 Å². The van der Waals surface area contributed by atoms with Gasteiger partial charge in [0, 0.05) is 11.4 Å². The molecule has 1 N–H and O–H groups in total. The molecule has 2 heterocycles. The number of aliphatic carboxylic acids is 1. The largest absolute Gasteiger partial charge is 0.477 e. The lowest BCUT2D eigenvalue weighted by molar-refractivity contribution is -0.132. The highest BCUT2D eigenvalue weighted by molar-refractivity contribution is 5.96. The molecule has 0 bridgehead atoms. The number of aryl methyl sites for hydroxylation is 1. The third-order valence-corrected chi connectivity index (χ3v) is 3.16. The second-order valence-corrected chi connectivity index (χ2v) is 4.47. The van der Waals surface area contributed by atoms with E-state index in [1.165, 1.54) is 6.08 Å².